The predicted molar refractivity (Wildman–Crippen MR) is 198 cm³/mol. The largest absolute Gasteiger partial charge is 0.544 e. The molecule has 0 aliphatic heterocycles. The molecule has 0 bridgehead atoms. The number of H-pyrrole nitrogens is 1. The summed E-state index contributed by atoms with van der Waals surface area (Å²) >= 11 is 0. The minimum absolute atomic E-state index is 0.00226. The highest BCUT2D eigenvalue weighted by Crippen LogP contribution is 2.38. The van der Waals surface area contributed by atoms with Gasteiger partial charge in [-0.05, 0) is 92.8 Å². The molecule has 0 fully saturated rings. The number of para-hydroxylation sites is 1. The van der Waals surface area contributed by atoms with Crippen LogP contribution in [-0.4, -0.2) is 64.7 Å². The van der Waals surface area contributed by atoms with E-state index >= 15 is 0 Å². The smallest absolute Gasteiger partial charge is 0.260 e. The van der Waals surface area contributed by atoms with Crippen LogP contribution in [0.4, 0.5) is 0 Å². The second-order valence-electron chi connectivity index (χ2n) is 14.1. The standard InChI is InChI=1S/C37H61N3O4Si2/c1-12-40(13-2)35(41)27-42-33-19-17-18-32-30(25-39-36(32)33)24-28(6)38-26-34(44-46(14-3,15-4)16-5)29-20-22-31(23-21-29)43-45(10,11)37(7,8)9/h17-23,25,28,34,38-39H,12-16,24,26-27H2,1-11H3/t28-,34-/m1/s1. The number of fused-ring (bicyclic) bond motifs is 1. The molecule has 3 aromatic rings. The SMILES string of the molecule is CCN(CC)C(=O)COc1cccc2c(C[C@@H](C)NC[C@@H](O[Si](CC)(CC)CC)c3ccc(O[Si](C)(C)C(C)(C)C)cc3)c[nH]c12. The molecule has 0 unspecified atom stereocenters. The third kappa shape index (κ3) is 9.49. The first-order chi connectivity index (χ1) is 21.7. The Morgan fingerprint density at radius 2 is 1.59 bits per heavy atom. The van der Waals surface area contributed by atoms with Gasteiger partial charge in [-0.1, -0.05) is 65.8 Å². The summed E-state index contributed by atoms with van der Waals surface area (Å²) in [5.41, 5.74) is 3.35. The third-order valence-corrected chi connectivity index (χ3v) is 19.2. The van der Waals surface area contributed by atoms with Crippen LogP contribution in [0.1, 0.15) is 79.5 Å². The summed E-state index contributed by atoms with van der Waals surface area (Å²) in [4.78, 5) is 17.7. The van der Waals surface area contributed by atoms with Gasteiger partial charge in [-0.2, -0.15) is 0 Å². The molecule has 1 heterocycles. The number of benzene rings is 2. The first kappa shape index (κ1) is 37.9. The number of rotatable bonds is 18. The molecular weight excluding hydrogens is 607 g/mol. The monoisotopic (exact) mass is 667 g/mol. The summed E-state index contributed by atoms with van der Waals surface area (Å²) in [5.74, 6) is 1.65. The van der Waals surface area contributed by atoms with E-state index in [-0.39, 0.29) is 29.7 Å². The van der Waals surface area contributed by atoms with Crippen molar-refractivity contribution in [3.63, 3.8) is 0 Å². The maximum atomic E-state index is 12.5. The minimum atomic E-state index is -1.91. The predicted octanol–water partition coefficient (Wildman–Crippen LogP) is 9.08. The number of likely N-dealkylation sites (N-methyl/N-ethyl adjacent to an activating group) is 1. The zero-order valence-corrected chi connectivity index (χ0v) is 32.5. The molecule has 1 aromatic heterocycles. The molecule has 0 saturated heterocycles. The van der Waals surface area contributed by atoms with Crippen LogP contribution in [0.25, 0.3) is 10.9 Å². The van der Waals surface area contributed by atoms with Crippen LogP contribution in [0.5, 0.6) is 11.5 Å². The molecule has 9 heteroatoms. The summed E-state index contributed by atoms with van der Waals surface area (Å²) in [6, 6.07) is 18.3. The molecule has 1 amide bonds. The number of nitrogens with one attached hydrogen (secondary N) is 2. The highest BCUT2D eigenvalue weighted by atomic mass is 28.4. The van der Waals surface area contributed by atoms with E-state index in [2.05, 4.69) is 108 Å². The highest BCUT2D eigenvalue weighted by molar-refractivity contribution is 6.74. The van der Waals surface area contributed by atoms with Crippen molar-refractivity contribution in [1.82, 2.24) is 15.2 Å². The van der Waals surface area contributed by atoms with Gasteiger partial charge in [0.05, 0.1) is 11.6 Å². The van der Waals surface area contributed by atoms with E-state index < -0.39 is 16.6 Å². The third-order valence-electron chi connectivity index (χ3n) is 10.2. The number of carbonyl (C=O) groups excluding carboxylic acids is 1. The van der Waals surface area contributed by atoms with Crippen LogP contribution in [0.15, 0.2) is 48.7 Å². The van der Waals surface area contributed by atoms with Crippen molar-refractivity contribution in [2.75, 3.05) is 26.2 Å². The van der Waals surface area contributed by atoms with E-state index in [1.54, 1.807) is 4.90 Å². The van der Waals surface area contributed by atoms with Gasteiger partial charge in [0.2, 0.25) is 8.32 Å². The Bertz CT molecular complexity index is 1370. The number of hydrogen-bond acceptors (Lipinski definition) is 5. The fourth-order valence-electron chi connectivity index (χ4n) is 5.72. The van der Waals surface area contributed by atoms with Gasteiger partial charge in [0.25, 0.3) is 5.91 Å². The van der Waals surface area contributed by atoms with Crippen molar-refractivity contribution in [2.45, 2.75) is 117 Å². The average Bonchev–Trinajstić information content (AvgIpc) is 3.44. The molecule has 7 nitrogen and oxygen atoms in total. The van der Waals surface area contributed by atoms with Crippen molar-refractivity contribution >= 4 is 33.4 Å². The van der Waals surface area contributed by atoms with E-state index in [0.717, 1.165) is 47.8 Å². The van der Waals surface area contributed by atoms with Gasteiger partial charge in [0.1, 0.15) is 11.5 Å². The lowest BCUT2D eigenvalue weighted by atomic mass is 10.0. The van der Waals surface area contributed by atoms with Crippen molar-refractivity contribution in [1.29, 1.82) is 0 Å². The summed E-state index contributed by atoms with van der Waals surface area (Å²) < 4.78 is 19.7. The molecule has 0 aliphatic rings. The van der Waals surface area contributed by atoms with Gasteiger partial charge >= 0.3 is 0 Å². The Labute approximate surface area is 281 Å². The molecule has 2 N–H and O–H groups in total. The highest BCUT2D eigenvalue weighted by Gasteiger charge is 2.39. The zero-order chi connectivity index (χ0) is 34.1. The van der Waals surface area contributed by atoms with Crippen LogP contribution in [0.3, 0.4) is 0 Å². The van der Waals surface area contributed by atoms with Crippen molar-refractivity contribution in [3.8, 4) is 11.5 Å². The Hall–Kier alpha value is -2.60. The van der Waals surface area contributed by atoms with Crippen LogP contribution in [-0.2, 0) is 15.6 Å². The normalized spacial score (nSPS) is 13.9. The first-order valence-electron chi connectivity index (χ1n) is 17.4. The zero-order valence-electron chi connectivity index (χ0n) is 30.5. The van der Waals surface area contributed by atoms with Gasteiger partial charge in [0, 0.05) is 37.3 Å². The lowest BCUT2D eigenvalue weighted by Gasteiger charge is -2.37. The van der Waals surface area contributed by atoms with Crippen LogP contribution in [0.2, 0.25) is 36.3 Å². The number of aromatic nitrogens is 1. The van der Waals surface area contributed by atoms with E-state index in [4.69, 9.17) is 13.6 Å². The Balaban J connectivity index is 1.74. The fourth-order valence-corrected chi connectivity index (χ4v) is 9.57. The minimum Gasteiger partial charge on any atom is -0.544 e. The van der Waals surface area contributed by atoms with Crippen LogP contribution >= 0.6 is 0 Å². The molecule has 46 heavy (non-hydrogen) atoms. The lowest BCUT2D eigenvalue weighted by Crippen LogP contribution is -2.43. The summed E-state index contributed by atoms with van der Waals surface area (Å²) in [5, 5.41) is 5.08. The fraction of sp³-hybridized carbons (Fsp3) is 0.595. The van der Waals surface area contributed by atoms with E-state index in [1.807, 2.05) is 26.0 Å². The van der Waals surface area contributed by atoms with Crippen molar-refractivity contribution in [3.05, 3.63) is 59.8 Å². The maximum absolute atomic E-state index is 12.5. The Morgan fingerprint density at radius 3 is 2.15 bits per heavy atom. The number of amides is 1. The lowest BCUT2D eigenvalue weighted by molar-refractivity contribution is -0.132. The molecule has 3 rings (SSSR count). The number of hydrogen-bond donors (Lipinski definition) is 2. The topological polar surface area (TPSA) is 75.8 Å². The molecule has 256 valence electrons. The summed E-state index contributed by atoms with van der Waals surface area (Å²) in [6.45, 7) is 26.6. The average molecular weight is 668 g/mol. The van der Waals surface area contributed by atoms with Crippen molar-refractivity contribution in [2.24, 2.45) is 0 Å². The van der Waals surface area contributed by atoms with Gasteiger partial charge in [-0.15, -0.1) is 0 Å². The second-order valence-corrected chi connectivity index (χ2v) is 23.6. The first-order valence-corrected chi connectivity index (χ1v) is 22.9. The molecule has 0 saturated carbocycles. The van der Waals surface area contributed by atoms with Gasteiger partial charge in [-0.3, -0.25) is 4.79 Å². The molecule has 0 radical (unpaired) electrons. The number of nitrogens with zero attached hydrogens (tertiary/aromatic N) is 1. The Morgan fingerprint density at radius 1 is 0.957 bits per heavy atom. The van der Waals surface area contributed by atoms with Gasteiger partial charge in [-0.25, -0.2) is 0 Å². The molecular formula is C37H61N3O4Si2. The van der Waals surface area contributed by atoms with E-state index in [9.17, 15) is 4.79 Å². The molecule has 2 aromatic carbocycles. The van der Waals surface area contributed by atoms with Gasteiger partial charge in [0.15, 0.2) is 14.9 Å². The molecule has 0 aliphatic carbocycles. The maximum Gasteiger partial charge on any atom is 0.260 e. The molecule has 2 atom stereocenters. The summed E-state index contributed by atoms with van der Waals surface area (Å²) in [6.07, 6.45) is 2.90. The number of aromatic amines is 1. The molecule has 0 spiro atoms. The van der Waals surface area contributed by atoms with Gasteiger partial charge < -0.3 is 28.8 Å². The quantitative estimate of drug-likeness (QED) is 0.132. The van der Waals surface area contributed by atoms with E-state index in [1.165, 1.54) is 11.1 Å². The van der Waals surface area contributed by atoms with Crippen LogP contribution < -0.4 is 14.5 Å². The van der Waals surface area contributed by atoms with Crippen LogP contribution in [0, 0.1) is 0 Å². The van der Waals surface area contributed by atoms with E-state index in [0.29, 0.717) is 18.8 Å². The van der Waals surface area contributed by atoms with Crippen molar-refractivity contribution < 1.29 is 18.4 Å². The number of ether oxygens (including phenoxy) is 1. The second kappa shape index (κ2) is 16.5. The Kier molecular flexibility index (Phi) is 13.6. The number of carbonyl (C=O) groups is 1. The summed E-state index contributed by atoms with van der Waals surface area (Å²) in [7, 11) is -3.77.